The van der Waals surface area contributed by atoms with Gasteiger partial charge in [-0.15, -0.1) is 10.2 Å². The van der Waals surface area contributed by atoms with E-state index in [1.165, 1.54) is 23.1 Å². The summed E-state index contributed by atoms with van der Waals surface area (Å²) >= 11 is 4.52. The predicted octanol–water partition coefficient (Wildman–Crippen LogP) is 2.17. The van der Waals surface area contributed by atoms with Crippen LogP contribution in [-0.2, 0) is 14.6 Å². The Bertz CT molecular complexity index is 647. The number of sulfone groups is 1. The molecule has 23 heavy (non-hydrogen) atoms. The molecule has 6 nitrogen and oxygen atoms in total. The van der Waals surface area contributed by atoms with E-state index in [9.17, 15) is 13.2 Å². The highest BCUT2D eigenvalue weighted by atomic mass is 32.2. The first kappa shape index (κ1) is 19.0. The van der Waals surface area contributed by atoms with Crippen molar-refractivity contribution in [3.8, 4) is 0 Å². The van der Waals surface area contributed by atoms with Crippen LogP contribution in [0.3, 0.4) is 0 Å². The van der Waals surface area contributed by atoms with Crippen molar-refractivity contribution >= 4 is 50.6 Å². The summed E-state index contributed by atoms with van der Waals surface area (Å²) in [6.45, 7) is 6.31. The van der Waals surface area contributed by atoms with Crippen LogP contribution in [0.2, 0.25) is 0 Å². The molecule has 0 saturated carbocycles. The molecular formula is C13H21N3O3S4. The van der Waals surface area contributed by atoms with Gasteiger partial charge in [0.2, 0.25) is 5.91 Å². The van der Waals surface area contributed by atoms with E-state index in [-0.39, 0.29) is 28.7 Å². The molecule has 0 aliphatic carbocycles. The number of thioether (sulfide) groups is 2. The molecule has 2 rings (SSSR count). The first-order valence-corrected chi connectivity index (χ1v) is 12.0. The molecule has 1 amide bonds. The van der Waals surface area contributed by atoms with Crippen molar-refractivity contribution in [2.24, 2.45) is 0 Å². The maximum Gasteiger partial charge on any atom is 0.236 e. The fraction of sp³-hybridized carbons (Fsp3) is 0.769. The highest BCUT2D eigenvalue weighted by molar-refractivity contribution is 8.03. The lowest BCUT2D eigenvalue weighted by Gasteiger charge is -2.29. The van der Waals surface area contributed by atoms with Gasteiger partial charge in [-0.1, -0.05) is 41.8 Å². The monoisotopic (exact) mass is 395 g/mol. The van der Waals surface area contributed by atoms with E-state index < -0.39 is 9.84 Å². The molecule has 130 valence electrons. The van der Waals surface area contributed by atoms with Gasteiger partial charge >= 0.3 is 0 Å². The molecule has 0 unspecified atom stereocenters. The minimum absolute atomic E-state index is 0.0282. The van der Waals surface area contributed by atoms with Crippen LogP contribution >= 0.6 is 34.9 Å². The first-order valence-electron chi connectivity index (χ1n) is 7.50. The van der Waals surface area contributed by atoms with Crippen molar-refractivity contribution in [2.75, 3.05) is 23.8 Å². The molecule has 10 heteroatoms. The number of carbonyl (C=O) groups excluding carboxylic acids is 1. The third-order valence-electron chi connectivity index (χ3n) is 3.55. The minimum atomic E-state index is -3.00. The molecule has 1 aromatic rings. The van der Waals surface area contributed by atoms with Crippen LogP contribution in [0, 0.1) is 0 Å². The number of nitrogens with zero attached hydrogens (tertiary/aromatic N) is 3. The molecule has 1 fully saturated rings. The summed E-state index contributed by atoms with van der Waals surface area (Å²) in [6.07, 6.45) is 0.537. The van der Waals surface area contributed by atoms with Gasteiger partial charge in [0.15, 0.2) is 18.5 Å². The molecule has 1 aliphatic rings. The predicted molar refractivity (Wildman–Crippen MR) is 96.1 cm³/mol. The summed E-state index contributed by atoms with van der Waals surface area (Å²) in [6, 6.07) is -0.193. The van der Waals surface area contributed by atoms with E-state index in [4.69, 9.17) is 0 Å². The second-order valence-electron chi connectivity index (χ2n) is 5.21. The number of aromatic nitrogens is 2. The van der Waals surface area contributed by atoms with Crippen molar-refractivity contribution in [3.05, 3.63) is 0 Å². The summed E-state index contributed by atoms with van der Waals surface area (Å²) in [7, 11) is -3.00. The molecule has 2 atom stereocenters. The highest BCUT2D eigenvalue weighted by Crippen LogP contribution is 2.32. The second kappa shape index (κ2) is 8.17. The van der Waals surface area contributed by atoms with Crippen molar-refractivity contribution in [3.63, 3.8) is 0 Å². The third kappa shape index (κ3) is 5.07. The van der Waals surface area contributed by atoms with Crippen molar-refractivity contribution < 1.29 is 13.2 Å². The van der Waals surface area contributed by atoms with Crippen molar-refractivity contribution in [1.29, 1.82) is 0 Å². The zero-order valence-corrected chi connectivity index (χ0v) is 16.7. The SMILES string of the molecule is CCSc1nnc(S[C@@H](C)C(=O)N(CC)[C@H]2CCS(=O)(=O)C2)s1. The Labute approximate surface area is 149 Å². The molecule has 1 aliphatic heterocycles. The number of hydrogen-bond donors (Lipinski definition) is 0. The Hall–Kier alpha value is -0.320. The van der Waals surface area contributed by atoms with Crippen LogP contribution in [0.15, 0.2) is 8.68 Å². The first-order chi connectivity index (χ1) is 10.9. The van der Waals surface area contributed by atoms with Gasteiger partial charge in [0.25, 0.3) is 0 Å². The van der Waals surface area contributed by atoms with Gasteiger partial charge in [0, 0.05) is 12.6 Å². The standard InChI is InChI=1S/C13H21N3O3S4/c1-4-16(10-6-7-23(18,19)8-10)11(17)9(3)21-13-15-14-12(22-13)20-5-2/h9-10H,4-8H2,1-3H3/t9-,10-/m0/s1. The topological polar surface area (TPSA) is 80.2 Å². The molecule has 0 N–H and O–H groups in total. The van der Waals surface area contributed by atoms with Gasteiger partial charge in [-0.25, -0.2) is 8.42 Å². The highest BCUT2D eigenvalue weighted by Gasteiger charge is 2.35. The van der Waals surface area contributed by atoms with E-state index in [1.54, 1.807) is 16.7 Å². The van der Waals surface area contributed by atoms with Gasteiger partial charge < -0.3 is 4.90 Å². The average Bonchev–Trinajstić information content (AvgIpc) is 3.06. The molecular weight excluding hydrogens is 374 g/mol. The van der Waals surface area contributed by atoms with Crippen LogP contribution in [0.4, 0.5) is 0 Å². The van der Waals surface area contributed by atoms with Gasteiger partial charge in [-0.05, 0) is 26.0 Å². The Kier molecular flexibility index (Phi) is 6.76. The molecule has 1 saturated heterocycles. The van der Waals surface area contributed by atoms with Gasteiger partial charge in [0.1, 0.15) is 0 Å². The summed E-state index contributed by atoms with van der Waals surface area (Å²) in [5.74, 6) is 1.17. The Balaban J connectivity index is 1.99. The summed E-state index contributed by atoms with van der Waals surface area (Å²) in [5, 5.41) is 7.89. The zero-order valence-electron chi connectivity index (χ0n) is 13.4. The molecule has 2 heterocycles. The van der Waals surface area contributed by atoms with E-state index >= 15 is 0 Å². The second-order valence-corrected chi connectivity index (χ2v) is 11.5. The van der Waals surface area contributed by atoms with Gasteiger partial charge in [-0.3, -0.25) is 4.79 Å². The van der Waals surface area contributed by atoms with E-state index in [0.29, 0.717) is 13.0 Å². The Morgan fingerprint density at radius 1 is 1.39 bits per heavy atom. The lowest BCUT2D eigenvalue weighted by atomic mass is 10.2. The number of hydrogen-bond acceptors (Lipinski definition) is 8. The Morgan fingerprint density at radius 3 is 2.65 bits per heavy atom. The van der Waals surface area contributed by atoms with Crippen LogP contribution in [0.5, 0.6) is 0 Å². The van der Waals surface area contributed by atoms with E-state index in [2.05, 4.69) is 17.1 Å². The molecule has 0 bridgehead atoms. The summed E-state index contributed by atoms with van der Waals surface area (Å²) in [5.41, 5.74) is 0. The zero-order chi connectivity index (χ0) is 17.0. The fourth-order valence-electron chi connectivity index (χ4n) is 2.48. The summed E-state index contributed by atoms with van der Waals surface area (Å²) < 4.78 is 25.0. The lowest BCUT2D eigenvalue weighted by molar-refractivity contribution is -0.131. The van der Waals surface area contributed by atoms with E-state index in [1.807, 2.05) is 13.8 Å². The van der Waals surface area contributed by atoms with Crippen molar-refractivity contribution in [1.82, 2.24) is 15.1 Å². The maximum absolute atomic E-state index is 12.7. The average molecular weight is 396 g/mol. The number of amides is 1. The smallest absolute Gasteiger partial charge is 0.236 e. The number of rotatable bonds is 7. The molecule has 0 spiro atoms. The molecule has 0 radical (unpaired) electrons. The van der Waals surface area contributed by atoms with Crippen LogP contribution in [0.1, 0.15) is 27.2 Å². The third-order valence-corrected chi connectivity index (χ3v) is 8.41. The van der Waals surface area contributed by atoms with Gasteiger partial charge in [0.05, 0.1) is 16.8 Å². The van der Waals surface area contributed by atoms with E-state index in [0.717, 1.165) is 14.4 Å². The summed E-state index contributed by atoms with van der Waals surface area (Å²) in [4.78, 5) is 14.4. The maximum atomic E-state index is 12.7. The van der Waals surface area contributed by atoms with Crippen LogP contribution in [-0.4, -0.2) is 64.5 Å². The van der Waals surface area contributed by atoms with Crippen molar-refractivity contribution in [2.45, 2.75) is 47.2 Å². The Morgan fingerprint density at radius 2 is 2.09 bits per heavy atom. The normalized spacial score (nSPS) is 21.3. The number of carbonyl (C=O) groups is 1. The van der Waals surface area contributed by atoms with Crippen LogP contribution < -0.4 is 0 Å². The molecule has 1 aromatic heterocycles. The van der Waals surface area contributed by atoms with Crippen LogP contribution in [0.25, 0.3) is 0 Å². The fourth-order valence-corrected chi connectivity index (χ4v) is 7.34. The largest absolute Gasteiger partial charge is 0.338 e. The van der Waals surface area contributed by atoms with Gasteiger partial charge in [-0.2, -0.15) is 0 Å². The quantitative estimate of drug-likeness (QED) is 0.655. The molecule has 0 aromatic carbocycles. The minimum Gasteiger partial charge on any atom is -0.338 e. The lowest BCUT2D eigenvalue weighted by Crippen LogP contribution is -2.44.